The smallest absolute Gasteiger partial charge is 0.131 e. The fourth-order valence-electron chi connectivity index (χ4n) is 2.32. The molecule has 3 nitrogen and oxygen atoms in total. The van der Waals surface area contributed by atoms with Gasteiger partial charge in [0.15, 0.2) is 0 Å². The molecule has 1 aromatic rings. The molecule has 0 amide bonds. The van der Waals surface area contributed by atoms with Crippen molar-refractivity contribution in [3.05, 3.63) is 23.8 Å². The van der Waals surface area contributed by atoms with Crippen molar-refractivity contribution in [2.45, 2.75) is 57.4 Å². The van der Waals surface area contributed by atoms with Crippen LogP contribution in [0.5, 0.6) is 0 Å². The van der Waals surface area contributed by atoms with E-state index < -0.39 is 0 Å². The van der Waals surface area contributed by atoms with E-state index in [1.807, 2.05) is 12.3 Å². The van der Waals surface area contributed by atoms with E-state index in [1.54, 1.807) is 0 Å². The molecule has 0 saturated heterocycles. The Morgan fingerprint density at radius 1 is 1.44 bits per heavy atom. The Kier molecular flexibility index (Phi) is 3.88. The fraction of sp³-hybridized carbons (Fsp3) is 0.692. The molecule has 1 unspecified atom stereocenters. The van der Waals surface area contributed by atoms with Crippen LogP contribution in [0.4, 0.5) is 0 Å². The molecule has 1 aliphatic rings. The van der Waals surface area contributed by atoms with Crippen molar-refractivity contribution in [2.75, 3.05) is 0 Å². The SMILES string of the molecule is CCC(N)Cc1ccnc(C2CCCC2)n1. The average molecular weight is 219 g/mol. The van der Waals surface area contributed by atoms with Crippen LogP contribution in [0.15, 0.2) is 12.3 Å². The molecule has 16 heavy (non-hydrogen) atoms. The summed E-state index contributed by atoms with van der Waals surface area (Å²) in [6.07, 6.45) is 8.92. The van der Waals surface area contributed by atoms with Gasteiger partial charge in [-0.05, 0) is 25.3 Å². The largest absolute Gasteiger partial charge is 0.327 e. The van der Waals surface area contributed by atoms with Crippen LogP contribution in [0.1, 0.15) is 56.5 Å². The van der Waals surface area contributed by atoms with Gasteiger partial charge in [0.05, 0.1) is 0 Å². The second-order valence-corrected chi connectivity index (χ2v) is 4.76. The first-order valence-electron chi connectivity index (χ1n) is 6.37. The molecule has 3 heteroatoms. The Bertz CT molecular complexity index is 332. The molecule has 2 rings (SSSR count). The zero-order valence-corrected chi connectivity index (χ0v) is 10.0. The van der Waals surface area contributed by atoms with Crippen molar-refractivity contribution in [2.24, 2.45) is 5.73 Å². The van der Waals surface area contributed by atoms with Crippen LogP contribution in [0, 0.1) is 0 Å². The van der Waals surface area contributed by atoms with E-state index >= 15 is 0 Å². The van der Waals surface area contributed by atoms with Crippen molar-refractivity contribution >= 4 is 0 Å². The Morgan fingerprint density at radius 3 is 2.88 bits per heavy atom. The van der Waals surface area contributed by atoms with Crippen LogP contribution in [-0.4, -0.2) is 16.0 Å². The lowest BCUT2D eigenvalue weighted by molar-refractivity contribution is 0.617. The van der Waals surface area contributed by atoms with E-state index in [4.69, 9.17) is 5.73 Å². The molecule has 1 heterocycles. The molecule has 0 bridgehead atoms. The van der Waals surface area contributed by atoms with Crippen LogP contribution < -0.4 is 5.73 Å². The molecule has 0 spiro atoms. The van der Waals surface area contributed by atoms with Crippen LogP contribution in [0.25, 0.3) is 0 Å². The molecule has 1 fully saturated rings. The maximum Gasteiger partial charge on any atom is 0.131 e. The number of hydrogen-bond acceptors (Lipinski definition) is 3. The van der Waals surface area contributed by atoms with Crippen LogP contribution in [-0.2, 0) is 6.42 Å². The molecular weight excluding hydrogens is 198 g/mol. The Morgan fingerprint density at radius 2 is 2.19 bits per heavy atom. The Hall–Kier alpha value is -0.960. The number of hydrogen-bond donors (Lipinski definition) is 1. The number of rotatable bonds is 4. The van der Waals surface area contributed by atoms with Gasteiger partial charge < -0.3 is 5.73 Å². The lowest BCUT2D eigenvalue weighted by atomic mass is 10.1. The predicted molar refractivity (Wildman–Crippen MR) is 65.2 cm³/mol. The standard InChI is InChI=1S/C13H21N3/c1-2-11(14)9-12-7-8-15-13(16-12)10-5-3-4-6-10/h7-8,10-11H,2-6,9,14H2,1H3. The van der Waals surface area contributed by atoms with Crippen molar-refractivity contribution in [1.82, 2.24) is 9.97 Å². The van der Waals surface area contributed by atoms with Gasteiger partial charge in [-0.15, -0.1) is 0 Å². The quantitative estimate of drug-likeness (QED) is 0.846. The maximum absolute atomic E-state index is 5.95. The molecule has 2 N–H and O–H groups in total. The zero-order valence-electron chi connectivity index (χ0n) is 10.0. The lowest BCUT2D eigenvalue weighted by Gasteiger charge is -2.11. The third-order valence-corrected chi connectivity index (χ3v) is 3.45. The number of aromatic nitrogens is 2. The van der Waals surface area contributed by atoms with Crippen molar-refractivity contribution in [3.63, 3.8) is 0 Å². The Balaban J connectivity index is 2.06. The topological polar surface area (TPSA) is 51.8 Å². The van der Waals surface area contributed by atoms with Gasteiger partial charge in [-0.2, -0.15) is 0 Å². The molecule has 1 saturated carbocycles. The second-order valence-electron chi connectivity index (χ2n) is 4.76. The first kappa shape index (κ1) is 11.5. The highest BCUT2D eigenvalue weighted by molar-refractivity contribution is 5.08. The third kappa shape index (κ3) is 2.79. The van der Waals surface area contributed by atoms with E-state index in [1.165, 1.54) is 25.7 Å². The van der Waals surface area contributed by atoms with Gasteiger partial charge in [-0.3, -0.25) is 0 Å². The summed E-state index contributed by atoms with van der Waals surface area (Å²) in [5.74, 6) is 1.64. The highest BCUT2D eigenvalue weighted by Gasteiger charge is 2.19. The van der Waals surface area contributed by atoms with Gasteiger partial charge in [0.1, 0.15) is 5.82 Å². The summed E-state index contributed by atoms with van der Waals surface area (Å²) in [6, 6.07) is 2.22. The molecular formula is C13H21N3. The first-order chi connectivity index (χ1) is 7.79. The minimum absolute atomic E-state index is 0.228. The van der Waals surface area contributed by atoms with E-state index in [2.05, 4.69) is 16.9 Å². The van der Waals surface area contributed by atoms with Gasteiger partial charge in [0.25, 0.3) is 0 Å². The van der Waals surface area contributed by atoms with Crippen molar-refractivity contribution in [3.8, 4) is 0 Å². The summed E-state index contributed by atoms with van der Waals surface area (Å²) >= 11 is 0. The summed E-state index contributed by atoms with van der Waals surface area (Å²) in [5.41, 5.74) is 7.05. The van der Waals surface area contributed by atoms with Crippen LogP contribution in [0.2, 0.25) is 0 Å². The molecule has 1 aliphatic carbocycles. The van der Waals surface area contributed by atoms with Crippen molar-refractivity contribution in [1.29, 1.82) is 0 Å². The van der Waals surface area contributed by atoms with Crippen LogP contribution >= 0.6 is 0 Å². The van der Waals surface area contributed by atoms with Gasteiger partial charge in [-0.25, -0.2) is 9.97 Å². The highest BCUT2D eigenvalue weighted by atomic mass is 14.9. The molecule has 88 valence electrons. The number of nitrogens with two attached hydrogens (primary N) is 1. The summed E-state index contributed by atoms with van der Waals surface area (Å²) in [5, 5.41) is 0. The van der Waals surface area contributed by atoms with Gasteiger partial charge in [-0.1, -0.05) is 19.8 Å². The second kappa shape index (κ2) is 5.39. The molecule has 0 aliphatic heterocycles. The van der Waals surface area contributed by atoms with Gasteiger partial charge >= 0.3 is 0 Å². The molecule has 1 aromatic heterocycles. The minimum Gasteiger partial charge on any atom is -0.327 e. The summed E-state index contributed by atoms with van der Waals surface area (Å²) in [4.78, 5) is 9.05. The molecule has 0 aromatic carbocycles. The minimum atomic E-state index is 0.228. The average Bonchev–Trinajstić information content (AvgIpc) is 2.83. The summed E-state index contributed by atoms with van der Waals surface area (Å²) < 4.78 is 0. The molecule has 0 radical (unpaired) electrons. The van der Waals surface area contributed by atoms with Crippen LogP contribution in [0.3, 0.4) is 0 Å². The van der Waals surface area contributed by atoms with Gasteiger partial charge in [0.2, 0.25) is 0 Å². The maximum atomic E-state index is 5.95. The van der Waals surface area contributed by atoms with Gasteiger partial charge in [0, 0.05) is 30.3 Å². The Labute approximate surface area is 97.5 Å². The molecule has 1 atom stereocenters. The normalized spacial score (nSPS) is 18.9. The predicted octanol–water partition coefficient (Wildman–Crippen LogP) is 2.41. The van der Waals surface area contributed by atoms with Crippen molar-refractivity contribution < 1.29 is 0 Å². The van der Waals surface area contributed by atoms with E-state index in [9.17, 15) is 0 Å². The van der Waals surface area contributed by atoms with E-state index in [-0.39, 0.29) is 6.04 Å². The number of nitrogens with zero attached hydrogens (tertiary/aromatic N) is 2. The summed E-state index contributed by atoms with van der Waals surface area (Å²) in [7, 11) is 0. The summed E-state index contributed by atoms with van der Waals surface area (Å²) in [6.45, 7) is 2.11. The van der Waals surface area contributed by atoms with E-state index in [0.717, 1.165) is 24.4 Å². The lowest BCUT2D eigenvalue weighted by Crippen LogP contribution is -2.22. The highest BCUT2D eigenvalue weighted by Crippen LogP contribution is 2.31. The third-order valence-electron chi connectivity index (χ3n) is 3.45. The fourth-order valence-corrected chi connectivity index (χ4v) is 2.32. The monoisotopic (exact) mass is 219 g/mol. The van der Waals surface area contributed by atoms with E-state index in [0.29, 0.717) is 5.92 Å². The zero-order chi connectivity index (χ0) is 11.4. The first-order valence-corrected chi connectivity index (χ1v) is 6.37.